The third kappa shape index (κ3) is 2.46. The average molecular weight is 265 g/mol. The van der Waals surface area contributed by atoms with E-state index < -0.39 is 0 Å². The van der Waals surface area contributed by atoms with Crippen molar-refractivity contribution >= 4 is 33.0 Å². The van der Waals surface area contributed by atoms with E-state index in [1.165, 1.54) is 0 Å². The normalized spacial score (nSPS) is 9.54. The molecule has 0 aliphatic rings. The molecule has 0 aliphatic heterocycles. The molecule has 0 saturated carbocycles. The van der Waals surface area contributed by atoms with E-state index in [-0.39, 0.29) is 0 Å². The van der Waals surface area contributed by atoms with Gasteiger partial charge in [0.05, 0.1) is 22.9 Å². The minimum atomic E-state index is 0.453. The third-order valence-electron chi connectivity index (χ3n) is 1.49. The van der Waals surface area contributed by atoms with E-state index >= 15 is 0 Å². The van der Waals surface area contributed by atoms with Gasteiger partial charge in [-0.15, -0.1) is 11.3 Å². The summed E-state index contributed by atoms with van der Waals surface area (Å²) in [6, 6.07) is 3.93. The Morgan fingerprint density at radius 3 is 2.38 bits per heavy atom. The fourth-order valence-electron chi connectivity index (χ4n) is 0.907. The van der Waals surface area contributed by atoms with E-state index in [0.29, 0.717) is 5.95 Å². The molecule has 0 fully saturated rings. The van der Waals surface area contributed by atoms with E-state index in [2.05, 4.69) is 21.7 Å². The van der Waals surface area contributed by atoms with Crippen LogP contribution >= 0.6 is 27.3 Å². The minimum Gasteiger partial charge on any atom is -0.464 e. The predicted molar refractivity (Wildman–Crippen MR) is 55.8 cm³/mol. The molecule has 0 atom stereocenters. The van der Waals surface area contributed by atoms with Gasteiger partial charge in [-0.05, 0) is 28.1 Å². The summed E-state index contributed by atoms with van der Waals surface area (Å²) in [5, 5.41) is 0. The highest BCUT2D eigenvalue weighted by Gasteiger charge is 2.12. The Balaban J connectivity index is 3.00. The lowest BCUT2D eigenvalue weighted by molar-refractivity contribution is -0.251. The maximum atomic E-state index is 5.01. The van der Waals surface area contributed by atoms with Gasteiger partial charge in [-0.25, -0.2) is 0 Å². The van der Waals surface area contributed by atoms with Crippen molar-refractivity contribution in [2.45, 2.75) is 0 Å². The lowest BCUT2D eigenvalue weighted by Crippen LogP contribution is -2.47. The summed E-state index contributed by atoms with van der Waals surface area (Å²) in [5.74, 6) is 0.453. The summed E-state index contributed by atoms with van der Waals surface area (Å²) in [6.45, 7) is 0. The second-order valence-corrected chi connectivity index (χ2v) is 4.74. The molecule has 0 bridgehead atoms. The monoisotopic (exact) mass is 264 g/mol. The van der Waals surface area contributed by atoms with Crippen LogP contribution in [0.3, 0.4) is 0 Å². The van der Waals surface area contributed by atoms with Crippen LogP contribution in [0.15, 0.2) is 21.9 Å². The third-order valence-corrected chi connectivity index (χ3v) is 3.17. The number of quaternary nitrogens is 1. The quantitative estimate of drug-likeness (QED) is 0.845. The molecule has 1 aromatic rings. The molecule has 3 nitrogen and oxygen atoms in total. The van der Waals surface area contributed by atoms with Crippen LogP contribution in [-0.4, -0.2) is 14.2 Å². The predicted octanol–water partition coefficient (Wildman–Crippen LogP) is 1.67. The smallest absolute Gasteiger partial charge is 0.344 e. The second-order valence-electron chi connectivity index (χ2n) is 2.28. The van der Waals surface area contributed by atoms with Gasteiger partial charge in [0.15, 0.2) is 0 Å². The number of methoxy groups -OCH3 is 2. The Bertz CT molecular complexity index is 316. The van der Waals surface area contributed by atoms with Gasteiger partial charge < -0.3 is 15.2 Å². The average Bonchev–Trinajstić information content (AvgIpc) is 2.54. The van der Waals surface area contributed by atoms with Crippen LogP contribution in [0.4, 0.5) is 0 Å². The number of thiophene rings is 1. The number of hydrogen-bond donors (Lipinski definition) is 1. The van der Waals surface area contributed by atoms with Gasteiger partial charge in [0, 0.05) is 0 Å². The van der Waals surface area contributed by atoms with Crippen molar-refractivity contribution in [3.05, 3.63) is 26.7 Å². The van der Waals surface area contributed by atoms with Crippen molar-refractivity contribution in [1.82, 2.24) is 0 Å². The highest BCUT2D eigenvalue weighted by molar-refractivity contribution is 9.11. The molecule has 3 N–H and O–H groups in total. The molecule has 1 rings (SSSR count). The van der Waals surface area contributed by atoms with Crippen molar-refractivity contribution in [1.29, 1.82) is 0 Å². The zero-order chi connectivity index (χ0) is 9.84. The van der Waals surface area contributed by atoms with Crippen LogP contribution in [0, 0.1) is 0 Å². The van der Waals surface area contributed by atoms with Crippen molar-refractivity contribution < 1.29 is 15.2 Å². The summed E-state index contributed by atoms with van der Waals surface area (Å²) in [7, 11) is 3.12. The van der Waals surface area contributed by atoms with Gasteiger partial charge in [-0.2, -0.15) is 0 Å². The first kappa shape index (κ1) is 10.6. The Hall–Kier alpha value is -0.520. The van der Waals surface area contributed by atoms with Crippen LogP contribution in [0.2, 0.25) is 0 Å². The topological polar surface area (TPSA) is 46.1 Å². The maximum Gasteiger partial charge on any atom is 0.344 e. The molecule has 0 aliphatic carbocycles. The summed E-state index contributed by atoms with van der Waals surface area (Å²) < 4.78 is 11.1. The van der Waals surface area contributed by atoms with Crippen LogP contribution in [0.25, 0.3) is 5.70 Å². The zero-order valence-electron chi connectivity index (χ0n) is 7.46. The Labute approximate surface area is 89.3 Å². The van der Waals surface area contributed by atoms with E-state index in [4.69, 9.17) is 9.47 Å². The molecule has 0 aromatic carbocycles. The molecule has 72 valence electrons. The molecule has 0 spiro atoms. The van der Waals surface area contributed by atoms with Crippen molar-refractivity contribution in [2.75, 3.05) is 14.2 Å². The standard InChI is InChI=1S/C8H10BrNO2S/c1-11-8(12-2)7(10)5-3-4-6(9)13-5/h3-4H,10H2,1-2H3/p+1. The van der Waals surface area contributed by atoms with Crippen molar-refractivity contribution in [3.63, 3.8) is 0 Å². The van der Waals surface area contributed by atoms with Gasteiger partial charge in [0.1, 0.15) is 0 Å². The van der Waals surface area contributed by atoms with Crippen LogP contribution in [-0.2, 0) is 9.47 Å². The maximum absolute atomic E-state index is 5.01. The summed E-state index contributed by atoms with van der Waals surface area (Å²) >= 11 is 4.97. The van der Waals surface area contributed by atoms with E-state index in [1.807, 2.05) is 12.1 Å². The first-order chi connectivity index (χ1) is 6.19. The molecule has 1 aromatic heterocycles. The fraction of sp³-hybridized carbons (Fsp3) is 0.250. The molecular formula is C8H11BrNO2S+. The largest absolute Gasteiger partial charge is 0.464 e. The van der Waals surface area contributed by atoms with Gasteiger partial charge in [-0.3, -0.25) is 0 Å². The van der Waals surface area contributed by atoms with Crippen molar-refractivity contribution in [3.8, 4) is 0 Å². The summed E-state index contributed by atoms with van der Waals surface area (Å²) in [6.07, 6.45) is 0. The summed E-state index contributed by atoms with van der Waals surface area (Å²) in [4.78, 5) is 1.03. The molecular weight excluding hydrogens is 254 g/mol. The van der Waals surface area contributed by atoms with E-state index in [9.17, 15) is 0 Å². The van der Waals surface area contributed by atoms with E-state index in [1.54, 1.807) is 25.6 Å². The molecule has 0 amide bonds. The van der Waals surface area contributed by atoms with Gasteiger partial charge in [0.25, 0.3) is 0 Å². The van der Waals surface area contributed by atoms with Gasteiger partial charge in [-0.1, -0.05) is 0 Å². The fourth-order valence-corrected chi connectivity index (χ4v) is 2.25. The molecule has 5 heteroatoms. The Morgan fingerprint density at radius 2 is 2.00 bits per heavy atom. The first-order valence-corrected chi connectivity index (χ1v) is 5.20. The molecule has 1 heterocycles. The first-order valence-electron chi connectivity index (χ1n) is 3.59. The number of halogens is 1. The Kier molecular flexibility index (Phi) is 3.77. The Morgan fingerprint density at radius 1 is 1.38 bits per heavy atom. The molecule has 0 radical (unpaired) electrons. The lowest BCUT2D eigenvalue weighted by Gasteiger charge is -2.03. The van der Waals surface area contributed by atoms with Gasteiger partial charge >= 0.3 is 5.95 Å². The zero-order valence-corrected chi connectivity index (χ0v) is 9.87. The molecule has 13 heavy (non-hydrogen) atoms. The summed E-state index contributed by atoms with van der Waals surface area (Å²) in [5.41, 5.74) is 4.65. The van der Waals surface area contributed by atoms with Crippen LogP contribution in [0.1, 0.15) is 4.88 Å². The van der Waals surface area contributed by atoms with E-state index in [0.717, 1.165) is 14.4 Å². The minimum absolute atomic E-state index is 0.453. The van der Waals surface area contributed by atoms with Gasteiger partial charge in [0.2, 0.25) is 5.70 Å². The number of hydrogen-bond acceptors (Lipinski definition) is 3. The second kappa shape index (κ2) is 4.64. The highest BCUT2D eigenvalue weighted by Crippen LogP contribution is 2.26. The molecule has 0 saturated heterocycles. The van der Waals surface area contributed by atoms with Crippen LogP contribution < -0.4 is 5.73 Å². The molecule has 0 unspecified atom stereocenters. The SMILES string of the molecule is COC(OC)=C([NH3+])c1ccc(Br)s1. The van der Waals surface area contributed by atoms with Crippen molar-refractivity contribution in [2.24, 2.45) is 0 Å². The number of ether oxygens (including phenoxy) is 2. The van der Waals surface area contributed by atoms with Crippen LogP contribution in [0.5, 0.6) is 0 Å². The highest BCUT2D eigenvalue weighted by atomic mass is 79.9. The lowest BCUT2D eigenvalue weighted by atomic mass is 10.4. The number of rotatable bonds is 3.